The number of urea groups is 1. The van der Waals surface area contributed by atoms with Crippen LogP contribution in [0.3, 0.4) is 0 Å². The molecule has 6 heteroatoms. The van der Waals surface area contributed by atoms with E-state index in [0.717, 1.165) is 32.4 Å². The van der Waals surface area contributed by atoms with E-state index in [4.69, 9.17) is 4.74 Å². The van der Waals surface area contributed by atoms with Crippen LogP contribution in [0.15, 0.2) is 24.3 Å². The summed E-state index contributed by atoms with van der Waals surface area (Å²) in [5.41, 5.74) is 0.680. The number of unbranched alkanes of at least 4 members (excludes halogenated alkanes) is 1. The first-order valence-electron chi connectivity index (χ1n) is 8.86. The number of aliphatic hydroxyl groups is 1. The summed E-state index contributed by atoms with van der Waals surface area (Å²) < 4.78 is 5.49. The van der Waals surface area contributed by atoms with Crippen molar-refractivity contribution in [1.29, 1.82) is 0 Å². The first-order valence-corrected chi connectivity index (χ1v) is 8.86. The Labute approximate surface area is 144 Å². The lowest BCUT2D eigenvalue weighted by atomic mass is 10.2. The minimum Gasteiger partial charge on any atom is -0.492 e. The highest BCUT2D eigenvalue weighted by Crippen LogP contribution is 2.23. The van der Waals surface area contributed by atoms with Crippen LogP contribution in [0.5, 0.6) is 5.75 Å². The van der Waals surface area contributed by atoms with E-state index >= 15 is 0 Å². The summed E-state index contributed by atoms with van der Waals surface area (Å²) in [4.78, 5) is 14.3. The van der Waals surface area contributed by atoms with E-state index in [2.05, 4.69) is 15.5 Å². The second-order valence-corrected chi connectivity index (χ2v) is 6.03. The van der Waals surface area contributed by atoms with Crippen molar-refractivity contribution in [2.24, 2.45) is 0 Å². The second-order valence-electron chi connectivity index (χ2n) is 6.03. The zero-order valence-electron chi connectivity index (χ0n) is 14.5. The van der Waals surface area contributed by atoms with Gasteiger partial charge in [-0.15, -0.1) is 0 Å². The Kier molecular flexibility index (Phi) is 7.85. The van der Waals surface area contributed by atoms with E-state index in [-0.39, 0.29) is 12.6 Å². The third kappa shape index (κ3) is 5.69. The smallest absolute Gasteiger partial charge is 0.319 e. The highest BCUT2D eigenvalue weighted by atomic mass is 16.5. The van der Waals surface area contributed by atoms with Crippen LogP contribution in [0, 0.1) is 0 Å². The maximum Gasteiger partial charge on any atom is 0.319 e. The Hall–Kier alpha value is -1.79. The number of ether oxygens (including phenoxy) is 1. The fraction of sp³-hybridized carbons (Fsp3) is 0.611. The van der Waals surface area contributed by atoms with Crippen LogP contribution in [0.25, 0.3) is 0 Å². The fourth-order valence-corrected chi connectivity index (χ4v) is 3.06. The molecular weight excluding hydrogens is 306 g/mol. The van der Waals surface area contributed by atoms with Crippen molar-refractivity contribution in [1.82, 2.24) is 10.2 Å². The zero-order valence-corrected chi connectivity index (χ0v) is 14.5. The topological polar surface area (TPSA) is 73.8 Å². The van der Waals surface area contributed by atoms with E-state index in [1.165, 1.54) is 6.42 Å². The molecule has 1 unspecified atom stereocenters. The van der Waals surface area contributed by atoms with Crippen molar-refractivity contribution in [3.63, 3.8) is 0 Å². The van der Waals surface area contributed by atoms with Gasteiger partial charge in [0.25, 0.3) is 0 Å². The molecule has 1 saturated heterocycles. The number of nitrogens with zero attached hydrogens (tertiary/aromatic N) is 1. The second kappa shape index (κ2) is 10.2. The van der Waals surface area contributed by atoms with Crippen molar-refractivity contribution in [2.75, 3.05) is 38.2 Å². The molecule has 1 aliphatic rings. The molecule has 2 rings (SSSR count). The summed E-state index contributed by atoms with van der Waals surface area (Å²) in [5.74, 6) is 0.680. The number of rotatable bonds is 9. The summed E-state index contributed by atoms with van der Waals surface area (Å²) in [6.07, 6.45) is 4.21. The largest absolute Gasteiger partial charge is 0.492 e. The van der Waals surface area contributed by atoms with Crippen LogP contribution in [0.2, 0.25) is 0 Å². The summed E-state index contributed by atoms with van der Waals surface area (Å²) in [6, 6.07) is 7.53. The molecule has 0 radical (unpaired) electrons. The van der Waals surface area contributed by atoms with Gasteiger partial charge in [-0.25, -0.2) is 4.79 Å². The molecule has 6 nitrogen and oxygen atoms in total. The molecule has 1 atom stereocenters. The van der Waals surface area contributed by atoms with Crippen LogP contribution in [-0.2, 0) is 0 Å². The molecule has 1 heterocycles. The number of benzene rings is 1. The molecule has 1 aliphatic heterocycles. The number of carbonyl (C=O) groups is 1. The molecule has 0 bridgehead atoms. The van der Waals surface area contributed by atoms with Gasteiger partial charge in [0, 0.05) is 12.6 Å². The molecular formula is C18H29N3O3. The van der Waals surface area contributed by atoms with E-state index in [9.17, 15) is 9.90 Å². The zero-order chi connectivity index (χ0) is 17.2. The molecule has 0 saturated carbocycles. The SMILES string of the molecule is CCOc1ccccc1NC(=O)NCCCCN1CCCC1CO. The molecule has 1 aromatic carbocycles. The van der Waals surface area contributed by atoms with Crippen LogP contribution < -0.4 is 15.4 Å². The highest BCUT2D eigenvalue weighted by Gasteiger charge is 2.22. The maximum absolute atomic E-state index is 12.0. The molecule has 0 spiro atoms. The summed E-state index contributed by atoms with van der Waals surface area (Å²) >= 11 is 0. The van der Waals surface area contributed by atoms with Crippen LogP contribution in [-0.4, -0.2) is 54.9 Å². The number of likely N-dealkylation sites (tertiary alicyclic amines) is 1. The number of para-hydroxylation sites is 2. The van der Waals surface area contributed by atoms with Crippen LogP contribution in [0.4, 0.5) is 10.5 Å². The molecule has 2 amide bonds. The molecule has 24 heavy (non-hydrogen) atoms. The van der Waals surface area contributed by atoms with Gasteiger partial charge in [0.05, 0.1) is 18.9 Å². The van der Waals surface area contributed by atoms with E-state index < -0.39 is 0 Å². The van der Waals surface area contributed by atoms with Crippen molar-refractivity contribution in [2.45, 2.75) is 38.6 Å². The summed E-state index contributed by atoms with van der Waals surface area (Å²) in [5, 5.41) is 15.0. The van der Waals surface area contributed by atoms with Gasteiger partial charge in [-0.1, -0.05) is 12.1 Å². The molecule has 1 aromatic rings. The minimum atomic E-state index is -0.212. The van der Waals surface area contributed by atoms with Gasteiger partial charge in [0.2, 0.25) is 0 Å². The molecule has 0 aromatic heterocycles. The van der Waals surface area contributed by atoms with Gasteiger partial charge in [-0.2, -0.15) is 0 Å². The predicted molar refractivity (Wildman–Crippen MR) is 95.5 cm³/mol. The highest BCUT2D eigenvalue weighted by molar-refractivity contribution is 5.90. The maximum atomic E-state index is 12.0. The van der Waals surface area contributed by atoms with Crippen molar-refractivity contribution >= 4 is 11.7 Å². The number of carbonyl (C=O) groups excluding carboxylic acids is 1. The summed E-state index contributed by atoms with van der Waals surface area (Å²) in [7, 11) is 0. The first-order chi connectivity index (χ1) is 11.7. The number of nitrogens with one attached hydrogen (secondary N) is 2. The standard InChI is InChI=1S/C18H29N3O3/c1-2-24-17-10-4-3-9-16(17)20-18(23)19-11-5-6-12-21-13-7-8-15(21)14-22/h3-4,9-10,15,22H,2,5-8,11-14H2,1H3,(H2,19,20,23). The van der Waals surface area contributed by atoms with Gasteiger partial charge in [-0.05, 0) is 57.8 Å². The van der Waals surface area contributed by atoms with Gasteiger partial charge in [0.15, 0.2) is 0 Å². The average molecular weight is 335 g/mol. The van der Waals surface area contributed by atoms with Crippen LogP contribution in [0.1, 0.15) is 32.6 Å². The third-order valence-electron chi connectivity index (χ3n) is 4.30. The number of aliphatic hydroxyl groups excluding tert-OH is 1. The Morgan fingerprint density at radius 1 is 1.38 bits per heavy atom. The van der Waals surface area contributed by atoms with Gasteiger partial charge in [-0.3, -0.25) is 4.90 Å². The number of amides is 2. The Bertz CT molecular complexity index is 510. The van der Waals surface area contributed by atoms with Gasteiger partial charge >= 0.3 is 6.03 Å². The van der Waals surface area contributed by atoms with E-state index in [0.29, 0.717) is 30.6 Å². The molecule has 134 valence electrons. The Morgan fingerprint density at radius 3 is 3.00 bits per heavy atom. The number of hydrogen-bond donors (Lipinski definition) is 3. The van der Waals surface area contributed by atoms with E-state index in [1.54, 1.807) is 0 Å². The Morgan fingerprint density at radius 2 is 2.21 bits per heavy atom. The molecule has 0 aliphatic carbocycles. The first kappa shape index (κ1) is 18.5. The monoisotopic (exact) mass is 335 g/mol. The third-order valence-corrected chi connectivity index (χ3v) is 4.30. The van der Waals surface area contributed by atoms with Crippen molar-refractivity contribution in [3.8, 4) is 5.75 Å². The molecule has 1 fully saturated rings. The minimum absolute atomic E-state index is 0.212. The number of hydrogen-bond acceptors (Lipinski definition) is 4. The van der Waals surface area contributed by atoms with E-state index in [1.807, 2.05) is 31.2 Å². The normalized spacial score (nSPS) is 17.7. The summed E-state index contributed by atoms with van der Waals surface area (Å²) in [6.45, 7) is 5.43. The average Bonchev–Trinajstić information content (AvgIpc) is 3.04. The quantitative estimate of drug-likeness (QED) is 0.606. The fourth-order valence-electron chi connectivity index (χ4n) is 3.06. The lowest BCUT2D eigenvalue weighted by Crippen LogP contribution is -2.34. The van der Waals surface area contributed by atoms with Crippen molar-refractivity contribution in [3.05, 3.63) is 24.3 Å². The van der Waals surface area contributed by atoms with Crippen molar-refractivity contribution < 1.29 is 14.6 Å². The number of anilines is 1. The lowest BCUT2D eigenvalue weighted by Gasteiger charge is -2.22. The predicted octanol–water partition coefficient (Wildman–Crippen LogP) is 2.44. The van der Waals surface area contributed by atoms with Gasteiger partial charge < -0.3 is 20.5 Å². The Balaban J connectivity index is 1.63. The van der Waals surface area contributed by atoms with Crippen LogP contribution >= 0.6 is 0 Å². The lowest BCUT2D eigenvalue weighted by molar-refractivity contribution is 0.157. The molecule has 3 N–H and O–H groups in total. The van der Waals surface area contributed by atoms with Gasteiger partial charge in [0.1, 0.15) is 5.75 Å².